The monoisotopic (exact) mass is 476 g/mol. The van der Waals surface area contributed by atoms with Gasteiger partial charge in [-0.05, 0) is 63.1 Å². The average Bonchev–Trinajstić information content (AvgIpc) is 3.46. The Morgan fingerprint density at radius 1 is 1.12 bits per heavy atom. The summed E-state index contributed by atoms with van der Waals surface area (Å²) in [6, 6.07) is 6.20. The number of hydrogen-bond donors (Lipinski definition) is 1. The van der Waals surface area contributed by atoms with Crippen molar-refractivity contribution in [3.8, 4) is 0 Å². The lowest BCUT2D eigenvalue weighted by Crippen LogP contribution is -2.28. The number of rotatable bonds is 8. The molecule has 0 spiro atoms. The molecule has 2 aromatic rings. The number of thiophene rings is 1. The topological polar surface area (TPSA) is 92.8 Å². The molecular formula is C23H28N2O5S2. The molecule has 0 saturated carbocycles. The van der Waals surface area contributed by atoms with Gasteiger partial charge in [-0.2, -0.15) is 4.31 Å². The first-order valence-electron chi connectivity index (χ1n) is 11.1. The lowest BCUT2D eigenvalue weighted by atomic mass is 9.95. The summed E-state index contributed by atoms with van der Waals surface area (Å²) in [4.78, 5) is 26.8. The minimum absolute atomic E-state index is 0.0288. The predicted molar refractivity (Wildman–Crippen MR) is 124 cm³/mol. The number of ketones is 1. The van der Waals surface area contributed by atoms with Crippen molar-refractivity contribution in [2.45, 2.75) is 50.3 Å². The van der Waals surface area contributed by atoms with E-state index in [0.29, 0.717) is 35.8 Å². The summed E-state index contributed by atoms with van der Waals surface area (Å²) >= 11 is 1.51. The van der Waals surface area contributed by atoms with Gasteiger partial charge < -0.3 is 10.1 Å². The van der Waals surface area contributed by atoms with Crippen LogP contribution in [0.2, 0.25) is 0 Å². The second-order valence-electron chi connectivity index (χ2n) is 8.05. The number of sulfonamides is 1. The Morgan fingerprint density at radius 2 is 1.88 bits per heavy atom. The summed E-state index contributed by atoms with van der Waals surface area (Å²) in [5.41, 5.74) is 1.91. The van der Waals surface area contributed by atoms with Gasteiger partial charge in [-0.15, -0.1) is 11.3 Å². The van der Waals surface area contributed by atoms with Crippen LogP contribution in [-0.2, 0) is 27.6 Å². The van der Waals surface area contributed by atoms with Crippen molar-refractivity contribution < 1.29 is 22.7 Å². The number of anilines is 1. The Balaban J connectivity index is 1.52. The number of carbonyl (C=O) groups is 2. The molecule has 7 nitrogen and oxygen atoms in total. The van der Waals surface area contributed by atoms with Crippen molar-refractivity contribution in [1.29, 1.82) is 0 Å². The molecule has 1 saturated heterocycles. The zero-order chi connectivity index (χ0) is 22.7. The fourth-order valence-corrected chi connectivity index (χ4v) is 7.12. The first-order valence-corrected chi connectivity index (χ1v) is 13.4. The van der Waals surface area contributed by atoms with Gasteiger partial charge in [-0.1, -0.05) is 12.1 Å². The van der Waals surface area contributed by atoms with Crippen LogP contribution in [0.4, 0.5) is 5.00 Å². The zero-order valence-electron chi connectivity index (χ0n) is 18.2. The van der Waals surface area contributed by atoms with Gasteiger partial charge in [0.15, 0.2) is 5.78 Å². The van der Waals surface area contributed by atoms with E-state index in [1.54, 1.807) is 19.1 Å². The molecule has 172 valence electrons. The first kappa shape index (κ1) is 22.9. The van der Waals surface area contributed by atoms with E-state index in [2.05, 4.69) is 5.32 Å². The summed E-state index contributed by atoms with van der Waals surface area (Å²) < 4.78 is 32.4. The predicted octanol–water partition coefficient (Wildman–Crippen LogP) is 3.88. The van der Waals surface area contributed by atoms with Crippen LogP contribution in [0, 0.1) is 0 Å². The van der Waals surface area contributed by atoms with Crippen molar-refractivity contribution in [3.05, 3.63) is 45.8 Å². The standard InChI is InChI=1S/C23H28N2O5S2/c1-2-30-23(27)21-18-10-3-4-11-20(18)31-22(21)24-15-19(26)16-8-7-9-17(14-16)32(28,29)25-12-5-6-13-25/h7-9,14,24H,2-6,10-13,15H2,1H3. The van der Waals surface area contributed by atoms with Crippen LogP contribution in [0.15, 0.2) is 29.2 Å². The smallest absolute Gasteiger partial charge is 0.341 e. The van der Waals surface area contributed by atoms with Gasteiger partial charge in [0.05, 0.1) is 23.6 Å². The number of Topliss-reactive ketones (excluding diaryl/α,β-unsaturated/α-hetero) is 1. The molecule has 1 aliphatic heterocycles. The molecule has 0 bridgehead atoms. The van der Waals surface area contributed by atoms with Crippen molar-refractivity contribution in [2.24, 2.45) is 0 Å². The lowest BCUT2D eigenvalue weighted by molar-refractivity contribution is 0.0526. The van der Waals surface area contributed by atoms with E-state index in [0.717, 1.165) is 44.1 Å². The van der Waals surface area contributed by atoms with E-state index in [4.69, 9.17) is 4.74 Å². The number of ether oxygens (including phenoxy) is 1. The fourth-order valence-electron chi connectivity index (χ4n) is 4.28. The molecule has 4 rings (SSSR count). The van der Waals surface area contributed by atoms with E-state index in [1.165, 1.54) is 32.7 Å². The van der Waals surface area contributed by atoms with E-state index in [-0.39, 0.29) is 23.2 Å². The van der Waals surface area contributed by atoms with E-state index >= 15 is 0 Å². The molecule has 2 aliphatic rings. The Labute approximate surface area is 192 Å². The molecular weight excluding hydrogens is 448 g/mol. The van der Waals surface area contributed by atoms with Crippen molar-refractivity contribution in [1.82, 2.24) is 4.31 Å². The number of aryl methyl sites for hydroxylation is 1. The number of nitrogens with zero attached hydrogens (tertiary/aromatic N) is 1. The van der Waals surface area contributed by atoms with Gasteiger partial charge in [0.2, 0.25) is 10.0 Å². The minimum atomic E-state index is -3.59. The number of carbonyl (C=O) groups excluding carboxylic acids is 2. The minimum Gasteiger partial charge on any atom is -0.462 e. The number of nitrogens with one attached hydrogen (secondary N) is 1. The SMILES string of the molecule is CCOC(=O)c1c(NCC(=O)c2cccc(S(=O)(=O)N3CCCC3)c2)sc2c1CCCC2. The first-order chi connectivity index (χ1) is 15.4. The highest BCUT2D eigenvalue weighted by atomic mass is 32.2. The molecule has 0 amide bonds. The molecule has 1 N–H and O–H groups in total. The Hall–Kier alpha value is -2.23. The molecule has 0 radical (unpaired) electrons. The Bertz CT molecular complexity index is 1120. The third kappa shape index (κ3) is 4.60. The lowest BCUT2D eigenvalue weighted by Gasteiger charge is -2.16. The van der Waals surface area contributed by atoms with E-state index in [1.807, 2.05) is 0 Å². The largest absolute Gasteiger partial charge is 0.462 e. The number of esters is 1. The molecule has 9 heteroatoms. The van der Waals surface area contributed by atoms with Crippen LogP contribution in [0.5, 0.6) is 0 Å². The van der Waals surface area contributed by atoms with Crippen LogP contribution in [0.25, 0.3) is 0 Å². The number of fused-ring (bicyclic) bond motifs is 1. The van der Waals surface area contributed by atoms with Gasteiger partial charge in [-0.25, -0.2) is 13.2 Å². The Kier molecular flexibility index (Phi) is 6.97. The quantitative estimate of drug-likeness (QED) is 0.459. The number of hydrogen-bond acceptors (Lipinski definition) is 7. The van der Waals surface area contributed by atoms with Gasteiger partial charge in [-0.3, -0.25) is 4.79 Å². The maximum Gasteiger partial charge on any atom is 0.341 e. The summed E-state index contributed by atoms with van der Waals surface area (Å²) in [5.74, 6) is -0.592. The molecule has 1 aromatic heterocycles. The van der Waals surface area contributed by atoms with Crippen LogP contribution in [0.1, 0.15) is 63.8 Å². The average molecular weight is 477 g/mol. The molecule has 2 heterocycles. The molecule has 32 heavy (non-hydrogen) atoms. The van der Waals surface area contributed by atoms with E-state index in [9.17, 15) is 18.0 Å². The summed E-state index contributed by atoms with van der Waals surface area (Å²) in [6.45, 7) is 3.07. The van der Waals surface area contributed by atoms with Crippen molar-refractivity contribution in [3.63, 3.8) is 0 Å². The summed E-state index contributed by atoms with van der Waals surface area (Å²) in [6.07, 6.45) is 5.61. The molecule has 0 unspecified atom stereocenters. The van der Waals surface area contributed by atoms with E-state index < -0.39 is 10.0 Å². The van der Waals surface area contributed by atoms with Crippen molar-refractivity contribution >= 4 is 38.1 Å². The summed E-state index contributed by atoms with van der Waals surface area (Å²) in [5, 5.41) is 3.79. The summed E-state index contributed by atoms with van der Waals surface area (Å²) in [7, 11) is -3.59. The molecule has 1 fully saturated rings. The van der Waals surface area contributed by atoms with Crippen LogP contribution in [-0.4, -0.2) is 50.7 Å². The van der Waals surface area contributed by atoms with Gasteiger partial charge >= 0.3 is 5.97 Å². The number of benzene rings is 1. The zero-order valence-corrected chi connectivity index (χ0v) is 19.8. The highest BCUT2D eigenvalue weighted by Crippen LogP contribution is 2.38. The molecule has 0 atom stereocenters. The maximum atomic E-state index is 12.9. The normalized spacial score (nSPS) is 16.5. The van der Waals surface area contributed by atoms with Crippen LogP contribution < -0.4 is 5.32 Å². The van der Waals surface area contributed by atoms with Gasteiger partial charge in [0.25, 0.3) is 0 Å². The maximum absolute atomic E-state index is 12.9. The van der Waals surface area contributed by atoms with Gasteiger partial charge in [0.1, 0.15) is 5.00 Å². The van der Waals surface area contributed by atoms with Crippen LogP contribution >= 0.6 is 11.3 Å². The third-order valence-corrected chi connectivity index (χ3v) is 9.06. The molecule has 1 aromatic carbocycles. The Morgan fingerprint density at radius 3 is 2.62 bits per heavy atom. The van der Waals surface area contributed by atoms with Crippen LogP contribution in [0.3, 0.4) is 0 Å². The fraction of sp³-hybridized carbons (Fsp3) is 0.478. The third-order valence-electron chi connectivity index (χ3n) is 5.92. The highest BCUT2D eigenvalue weighted by molar-refractivity contribution is 7.89. The molecule has 1 aliphatic carbocycles. The highest BCUT2D eigenvalue weighted by Gasteiger charge is 2.28. The van der Waals surface area contributed by atoms with Gasteiger partial charge in [0, 0.05) is 23.5 Å². The second kappa shape index (κ2) is 9.72. The second-order valence-corrected chi connectivity index (χ2v) is 11.1. The van der Waals surface area contributed by atoms with Crippen molar-refractivity contribution in [2.75, 3.05) is 31.6 Å².